The topological polar surface area (TPSA) is 63.2 Å². The number of morpholine rings is 1. The molecule has 1 aliphatic rings. The van der Waals surface area contributed by atoms with Crippen LogP contribution in [-0.4, -0.2) is 36.7 Å². The molecule has 0 radical (unpaired) electrons. The lowest BCUT2D eigenvalue weighted by atomic mass is 10.2. The molecule has 2 rings (SSSR count). The normalized spacial score (nSPS) is 21.3. The summed E-state index contributed by atoms with van der Waals surface area (Å²) in [6.07, 6.45) is 1.74. The molecule has 1 unspecified atom stereocenters. The van der Waals surface area contributed by atoms with E-state index in [4.69, 9.17) is 4.74 Å². The van der Waals surface area contributed by atoms with E-state index in [-0.39, 0.29) is 11.9 Å². The van der Waals surface area contributed by atoms with Crippen molar-refractivity contribution in [3.8, 4) is 0 Å². The number of hydrogen-bond donors (Lipinski definition) is 2. The van der Waals surface area contributed by atoms with Crippen molar-refractivity contribution in [2.75, 3.05) is 25.1 Å². The van der Waals surface area contributed by atoms with Crippen LogP contribution in [0.3, 0.4) is 0 Å². The van der Waals surface area contributed by atoms with Crippen LogP contribution in [0.25, 0.3) is 0 Å². The van der Waals surface area contributed by atoms with Gasteiger partial charge in [0.15, 0.2) is 5.13 Å². The van der Waals surface area contributed by atoms with E-state index in [0.29, 0.717) is 18.3 Å². The number of aromatic nitrogens is 1. The zero-order valence-corrected chi connectivity index (χ0v) is 9.26. The number of anilines is 1. The number of nitrogens with one attached hydrogen (secondary N) is 2. The van der Waals surface area contributed by atoms with Crippen molar-refractivity contribution < 1.29 is 9.53 Å². The van der Waals surface area contributed by atoms with Gasteiger partial charge in [-0.05, 0) is 6.92 Å². The van der Waals surface area contributed by atoms with E-state index in [1.807, 2.05) is 6.92 Å². The molecule has 0 spiro atoms. The highest BCUT2D eigenvalue weighted by molar-refractivity contribution is 7.15. The molecule has 1 fully saturated rings. The average Bonchev–Trinajstić information content (AvgIpc) is 2.65. The standard InChI is InChI=1S/C9H13N3O2S/c1-6-4-11-9(15-6)12-8(13)7-5-14-3-2-10-7/h4,7,10H,2-3,5H2,1H3,(H,11,12,13). The summed E-state index contributed by atoms with van der Waals surface area (Å²) in [6, 6.07) is -0.261. The maximum Gasteiger partial charge on any atom is 0.245 e. The number of ether oxygens (including phenoxy) is 1. The molecule has 1 amide bonds. The van der Waals surface area contributed by atoms with Gasteiger partial charge in [0.1, 0.15) is 6.04 Å². The highest BCUT2D eigenvalue weighted by atomic mass is 32.1. The zero-order chi connectivity index (χ0) is 10.7. The molecular formula is C9H13N3O2S. The first-order valence-corrected chi connectivity index (χ1v) is 5.62. The van der Waals surface area contributed by atoms with Gasteiger partial charge in [-0.3, -0.25) is 4.79 Å². The number of hydrogen-bond acceptors (Lipinski definition) is 5. The minimum absolute atomic E-state index is 0.0796. The van der Waals surface area contributed by atoms with Crippen LogP contribution < -0.4 is 10.6 Å². The highest BCUT2D eigenvalue weighted by Crippen LogP contribution is 2.16. The van der Waals surface area contributed by atoms with Gasteiger partial charge in [-0.2, -0.15) is 0 Å². The first-order valence-electron chi connectivity index (χ1n) is 4.80. The lowest BCUT2D eigenvalue weighted by molar-refractivity contribution is -0.120. The number of aryl methyl sites for hydroxylation is 1. The summed E-state index contributed by atoms with van der Waals surface area (Å²) in [6.45, 7) is 3.76. The summed E-state index contributed by atoms with van der Waals surface area (Å²) in [7, 11) is 0. The molecule has 0 bridgehead atoms. The molecule has 6 heteroatoms. The average molecular weight is 227 g/mol. The van der Waals surface area contributed by atoms with Crippen molar-refractivity contribution in [3.05, 3.63) is 11.1 Å². The third kappa shape index (κ3) is 2.74. The van der Waals surface area contributed by atoms with Crippen molar-refractivity contribution in [1.29, 1.82) is 0 Å². The van der Waals surface area contributed by atoms with Gasteiger partial charge < -0.3 is 15.4 Å². The molecule has 1 aliphatic heterocycles. The van der Waals surface area contributed by atoms with Crippen molar-refractivity contribution in [2.24, 2.45) is 0 Å². The highest BCUT2D eigenvalue weighted by Gasteiger charge is 2.21. The van der Waals surface area contributed by atoms with E-state index in [2.05, 4.69) is 15.6 Å². The number of nitrogens with zero attached hydrogens (tertiary/aromatic N) is 1. The SMILES string of the molecule is Cc1cnc(NC(=O)C2COCCN2)s1. The predicted molar refractivity (Wildman–Crippen MR) is 58.1 cm³/mol. The van der Waals surface area contributed by atoms with E-state index in [0.717, 1.165) is 11.4 Å². The van der Waals surface area contributed by atoms with Gasteiger partial charge in [-0.1, -0.05) is 0 Å². The van der Waals surface area contributed by atoms with Crippen molar-refractivity contribution in [3.63, 3.8) is 0 Å². The summed E-state index contributed by atoms with van der Waals surface area (Å²) in [4.78, 5) is 16.8. The second kappa shape index (κ2) is 4.69. The van der Waals surface area contributed by atoms with Crippen molar-refractivity contribution >= 4 is 22.4 Å². The maximum absolute atomic E-state index is 11.7. The molecule has 0 saturated carbocycles. The van der Waals surface area contributed by atoms with E-state index in [9.17, 15) is 4.79 Å². The predicted octanol–water partition coefficient (Wildman–Crippen LogP) is 0.378. The fourth-order valence-electron chi connectivity index (χ4n) is 1.34. The minimum atomic E-state index is -0.261. The number of rotatable bonds is 2. The Morgan fingerprint density at radius 2 is 2.67 bits per heavy atom. The van der Waals surface area contributed by atoms with Gasteiger partial charge in [0, 0.05) is 17.6 Å². The van der Waals surface area contributed by atoms with Gasteiger partial charge in [-0.25, -0.2) is 4.98 Å². The number of thiazole rings is 1. The summed E-state index contributed by atoms with van der Waals surface area (Å²) < 4.78 is 5.21. The molecule has 0 aliphatic carbocycles. The Morgan fingerprint density at radius 3 is 3.27 bits per heavy atom. The van der Waals surface area contributed by atoms with Crippen LogP contribution in [0, 0.1) is 6.92 Å². The van der Waals surface area contributed by atoms with Crippen LogP contribution in [0.15, 0.2) is 6.20 Å². The Labute approximate surface area is 91.9 Å². The fourth-order valence-corrected chi connectivity index (χ4v) is 2.01. The molecule has 2 N–H and O–H groups in total. The molecule has 0 aromatic carbocycles. The summed E-state index contributed by atoms with van der Waals surface area (Å²) in [5.74, 6) is -0.0796. The molecule has 82 valence electrons. The van der Waals surface area contributed by atoms with Gasteiger partial charge in [0.25, 0.3) is 0 Å². The number of amides is 1. The Hall–Kier alpha value is -0.980. The van der Waals surface area contributed by atoms with E-state index in [1.54, 1.807) is 6.20 Å². The fraction of sp³-hybridized carbons (Fsp3) is 0.556. The van der Waals surface area contributed by atoms with Crippen LogP contribution >= 0.6 is 11.3 Å². The number of carbonyl (C=O) groups is 1. The van der Waals surface area contributed by atoms with Crippen LogP contribution in [0.4, 0.5) is 5.13 Å². The van der Waals surface area contributed by atoms with E-state index < -0.39 is 0 Å². The van der Waals surface area contributed by atoms with Gasteiger partial charge in [0.05, 0.1) is 13.2 Å². The van der Waals surface area contributed by atoms with Crippen LogP contribution in [0.1, 0.15) is 4.88 Å². The maximum atomic E-state index is 11.7. The lowest BCUT2D eigenvalue weighted by Gasteiger charge is -2.22. The molecule has 15 heavy (non-hydrogen) atoms. The summed E-state index contributed by atoms with van der Waals surface area (Å²) in [5.41, 5.74) is 0. The van der Waals surface area contributed by atoms with Crippen molar-refractivity contribution in [1.82, 2.24) is 10.3 Å². The monoisotopic (exact) mass is 227 g/mol. The van der Waals surface area contributed by atoms with Crippen LogP contribution in [0.5, 0.6) is 0 Å². The quantitative estimate of drug-likeness (QED) is 0.766. The lowest BCUT2D eigenvalue weighted by Crippen LogP contribution is -2.48. The second-order valence-corrected chi connectivity index (χ2v) is 4.58. The molecule has 2 heterocycles. The van der Waals surface area contributed by atoms with Crippen molar-refractivity contribution in [2.45, 2.75) is 13.0 Å². The Kier molecular flexibility index (Phi) is 3.30. The Bertz CT molecular complexity index is 347. The van der Waals surface area contributed by atoms with Gasteiger partial charge >= 0.3 is 0 Å². The molecule has 5 nitrogen and oxygen atoms in total. The minimum Gasteiger partial charge on any atom is -0.378 e. The Balaban J connectivity index is 1.91. The van der Waals surface area contributed by atoms with Gasteiger partial charge in [0.2, 0.25) is 5.91 Å². The summed E-state index contributed by atoms with van der Waals surface area (Å²) in [5, 5.41) is 6.49. The van der Waals surface area contributed by atoms with Crippen LogP contribution in [0.2, 0.25) is 0 Å². The molecule has 1 atom stereocenters. The third-order valence-corrected chi connectivity index (χ3v) is 2.92. The van der Waals surface area contributed by atoms with E-state index >= 15 is 0 Å². The third-order valence-electron chi connectivity index (χ3n) is 2.09. The Morgan fingerprint density at radius 1 is 1.80 bits per heavy atom. The molecule has 1 saturated heterocycles. The van der Waals surface area contributed by atoms with E-state index in [1.165, 1.54) is 11.3 Å². The molecule has 1 aromatic rings. The largest absolute Gasteiger partial charge is 0.378 e. The molecular weight excluding hydrogens is 214 g/mol. The van der Waals surface area contributed by atoms with Gasteiger partial charge in [-0.15, -0.1) is 11.3 Å². The second-order valence-electron chi connectivity index (χ2n) is 3.35. The zero-order valence-electron chi connectivity index (χ0n) is 8.45. The number of carbonyl (C=O) groups excluding carboxylic acids is 1. The first kappa shape index (κ1) is 10.5. The first-order chi connectivity index (χ1) is 7.25. The van der Waals surface area contributed by atoms with Crippen LogP contribution in [-0.2, 0) is 9.53 Å². The summed E-state index contributed by atoms with van der Waals surface area (Å²) >= 11 is 1.47. The smallest absolute Gasteiger partial charge is 0.245 e. The molecule has 1 aromatic heterocycles.